The summed E-state index contributed by atoms with van der Waals surface area (Å²) in [4.78, 5) is 28.9. The molecule has 1 atom stereocenters. The monoisotopic (exact) mass is 462 g/mol. The van der Waals surface area contributed by atoms with Crippen LogP contribution in [-0.4, -0.2) is 32.8 Å². The van der Waals surface area contributed by atoms with Crippen molar-refractivity contribution in [2.75, 3.05) is 5.32 Å². The summed E-state index contributed by atoms with van der Waals surface area (Å²) in [5.74, 6) is 0.289. The van der Waals surface area contributed by atoms with Crippen LogP contribution >= 0.6 is 0 Å². The molecule has 0 aliphatic heterocycles. The van der Waals surface area contributed by atoms with E-state index in [2.05, 4.69) is 64.0 Å². The lowest BCUT2D eigenvalue weighted by molar-refractivity contribution is 0.0940. The summed E-state index contributed by atoms with van der Waals surface area (Å²) in [6.07, 6.45) is 6.60. The number of rotatable bonds is 8. The molecule has 0 spiro atoms. The second-order valence-corrected chi connectivity index (χ2v) is 9.52. The van der Waals surface area contributed by atoms with Crippen LogP contribution in [0.2, 0.25) is 0 Å². The third kappa shape index (κ3) is 4.95. The Morgan fingerprint density at radius 1 is 1.09 bits per heavy atom. The summed E-state index contributed by atoms with van der Waals surface area (Å²) in [7, 11) is 0. The van der Waals surface area contributed by atoms with Gasteiger partial charge in [-0.15, -0.1) is 0 Å². The Balaban J connectivity index is 1.59. The lowest BCUT2D eigenvalue weighted by Crippen LogP contribution is -2.31. The Morgan fingerprint density at radius 3 is 2.38 bits per heavy atom. The van der Waals surface area contributed by atoms with Crippen LogP contribution in [0.25, 0.3) is 11.0 Å². The summed E-state index contributed by atoms with van der Waals surface area (Å²) in [6.45, 7) is 9.04. The lowest BCUT2D eigenvalue weighted by Gasteiger charge is -2.27. The fraction of sp³-hybridized carbons (Fsp3) is 0.500. The van der Waals surface area contributed by atoms with E-state index in [-0.39, 0.29) is 24.0 Å². The van der Waals surface area contributed by atoms with Crippen molar-refractivity contribution in [3.05, 3.63) is 58.3 Å². The van der Waals surface area contributed by atoms with Gasteiger partial charge in [0.2, 0.25) is 0 Å². The zero-order chi connectivity index (χ0) is 24.2. The highest BCUT2D eigenvalue weighted by molar-refractivity contribution is 6.06. The highest BCUT2D eigenvalue weighted by Gasteiger charge is 2.25. The van der Waals surface area contributed by atoms with E-state index in [1.54, 1.807) is 12.4 Å². The van der Waals surface area contributed by atoms with Crippen molar-refractivity contribution in [2.24, 2.45) is 5.18 Å². The number of nitrogens with zero attached hydrogens (tertiary/aromatic N) is 4. The molecule has 1 amide bonds. The van der Waals surface area contributed by atoms with E-state index in [4.69, 9.17) is 0 Å². The third-order valence-electron chi connectivity index (χ3n) is 6.86. The van der Waals surface area contributed by atoms with Crippen molar-refractivity contribution < 1.29 is 4.79 Å². The first-order valence-electron chi connectivity index (χ1n) is 12.3. The van der Waals surface area contributed by atoms with E-state index in [9.17, 15) is 9.70 Å². The normalized spacial score (nSPS) is 19.2. The number of amides is 1. The molecule has 2 aromatic heterocycles. The molecule has 1 saturated carbocycles. The fourth-order valence-corrected chi connectivity index (χ4v) is 4.64. The molecule has 1 aliphatic carbocycles. The van der Waals surface area contributed by atoms with Crippen molar-refractivity contribution in [1.82, 2.24) is 20.1 Å². The predicted molar refractivity (Wildman–Crippen MR) is 135 cm³/mol. The van der Waals surface area contributed by atoms with Crippen molar-refractivity contribution >= 4 is 22.6 Å². The summed E-state index contributed by atoms with van der Waals surface area (Å²) in [5.41, 5.74) is 4.34. The molecular formula is C26H34N6O2. The average molecular weight is 463 g/mol. The maximum Gasteiger partial charge on any atom is 0.255 e. The van der Waals surface area contributed by atoms with Gasteiger partial charge < -0.3 is 10.6 Å². The number of carbonyl (C=O) groups excluding carboxylic acids is 1. The van der Waals surface area contributed by atoms with Crippen LogP contribution in [0.4, 0.5) is 5.69 Å². The Bertz CT molecular complexity index is 1150. The van der Waals surface area contributed by atoms with E-state index >= 15 is 0 Å². The predicted octanol–water partition coefficient (Wildman–Crippen LogP) is 5.56. The van der Waals surface area contributed by atoms with Crippen molar-refractivity contribution in [3.63, 3.8) is 0 Å². The molecule has 2 N–H and O–H groups in total. The van der Waals surface area contributed by atoms with Gasteiger partial charge >= 0.3 is 0 Å². The van der Waals surface area contributed by atoms with Gasteiger partial charge in [-0.05, 0) is 56.6 Å². The van der Waals surface area contributed by atoms with E-state index in [0.717, 1.165) is 48.0 Å². The standard InChI is InChI=1S/C26H34N6O2/c1-5-32-25-22(15-28-32)24(30-20-10-12-21(31-34)13-11-20)23(14-27-25)26(33)29-17(4)19-8-6-18(7-9-19)16(2)3/h6-9,14-17,20-21H,5,10-13H2,1-4H3,(H,27,30)(H,29,33). The molecule has 1 aliphatic rings. The van der Waals surface area contributed by atoms with Crippen molar-refractivity contribution in [3.8, 4) is 0 Å². The summed E-state index contributed by atoms with van der Waals surface area (Å²) in [6, 6.07) is 8.30. The zero-order valence-corrected chi connectivity index (χ0v) is 20.4. The highest BCUT2D eigenvalue weighted by atomic mass is 16.3. The maximum absolute atomic E-state index is 13.4. The summed E-state index contributed by atoms with van der Waals surface area (Å²) >= 11 is 0. The van der Waals surface area contributed by atoms with Gasteiger partial charge in [0.25, 0.3) is 5.91 Å². The summed E-state index contributed by atoms with van der Waals surface area (Å²) < 4.78 is 1.83. The highest BCUT2D eigenvalue weighted by Crippen LogP contribution is 2.31. The minimum absolute atomic E-state index is 0.107. The van der Waals surface area contributed by atoms with E-state index in [1.807, 2.05) is 18.5 Å². The third-order valence-corrected chi connectivity index (χ3v) is 6.86. The van der Waals surface area contributed by atoms with Gasteiger partial charge in [-0.25, -0.2) is 9.67 Å². The quantitative estimate of drug-likeness (QED) is 0.427. The number of nitrogens with one attached hydrogen (secondary N) is 2. The van der Waals surface area contributed by atoms with Crippen LogP contribution in [0.1, 0.15) is 86.8 Å². The molecule has 180 valence electrons. The average Bonchev–Trinajstić information content (AvgIpc) is 3.28. The van der Waals surface area contributed by atoms with Gasteiger partial charge in [0.15, 0.2) is 5.65 Å². The molecule has 0 saturated heterocycles. The molecule has 1 fully saturated rings. The molecule has 8 nitrogen and oxygen atoms in total. The zero-order valence-electron chi connectivity index (χ0n) is 20.4. The molecule has 3 aromatic rings. The number of carbonyl (C=O) groups is 1. The van der Waals surface area contributed by atoms with Gasteiger partial charge in [-0.1, -0.05) is 43.3 Å². The molecule has 2 heterocycles. The molecule has 34 heavy (non-hydrogen) atoms. The van der Waals surface area contributed by atoms with Crippen LogP contribution < -0.4 is 10.6 Å². The molecule has 0 radical (unpaired) electrons. The van der Waals surface area contributed by atoms with E-state index in [0.29, 0.717) is 18.0 Å². The molecule has 0 bridgehead atoms. The Kier molecular flexibility index (Phi) is 7.24. The number of aromatic nitrogens is 3. The summed E-state index contributed by atoms with van der Waals surface area (Å²) in [5, 5.41) is 15.2. The van der Waals surface area contributed by atoms with Gasteiger partial charge in [0, 0.05) is 18.8 Å². The van der Waals surface area contributed by atoms with Crippen molar-refractivity contribution in [1.29, 1.82) is 0 Å². The second kappa shape index (κ2) is 10.3. The van der Waals surface area contributed by atoms with Crippen LogP contribution in [0.5, 0.6) is 0 Å². The van der Waals surface area contributed by atoms with Gasteiger partial charge in [-0.2, -0.15) is 10.0 Å². The minimum atomic E-state index is -0.176. The first-order chi connectivity index (χ1) is 16.4. The first-order valence-corrected chi connectivity index (χ1v) is 12.3. The van der Waals surface area contributed by atoms with Gasteiger partial charge in [0.1, 0.15) is 0 Å². The van der Waals surface area contributed by atoms with Crippen LogP contribution in [0.3, 0.4) is 0 Å². The largest absolute Gasteiger partial charge is 0.381 e. The maximum atomic E-state index is 13.4. The topological polar surface area (TPSA) is 101 Å². The molecule has 1 aromatic carbocycles. The number of benzene rings is 1. The molecule has 8 heteroatoms. The number of aryl methyl sites for hydroxylation is 1. The minimum Gasteiger partial charge on any atom is -0.381 e. The number of anilines is 1. The molecule has 1 unspecified atom stereocenters. The second-order valence-electron chi connectivity index (χ2n) is 9.52. The number of hydrogen-bond acceptors (Lipinski definition) is 6. The van der Waals surface area contributed by atoms with Crippen molar-refractivity contribution in [2.45, 2.75) is 84.0 Å². The van der Waals surface area contributed by atoms with Gasteiger partial charge in [-0.3, -0.25) is 4.79 Å². The van der Waals surface area contributed by atoms with Crippen LogP contribution in [0, 0.1) is 4.91 Å². The lowest BCUT2D eigenvalue weighted by atomic mass is 9.91. The van der Waals surface area contributed by atoms with E-state index in [1.165, 1.54) is 5.56 Å². The number of pyridine rings is 1. The molecular weight excluding hydrogens is 428 g/mol. The fourth-order valence-electron chi connectivity index (χ4n) is 4.64. The smallest absolute Gasteiger partial charge is 0.255 e. The van der Waals surface area contributed by atoms with Crippen LogP contribution in [-0.2, 0) is 6.54 Å². The SMILES string of the molecule is CCn1ncc2c(NC3CCC(N=O)CC3)c(C(=O)NC(C)c3ccc(C(C)C)cc3)cnc21. The Labute approximate surface area is 200 Å². The first kappa shape index (κ1) is 23.9. The number of fused-ring (bicyclic) bond motifs is 1. The van der Waals surface area contributed by atoms with Crippen LogP contribution in [0.15, 0.2) is 41.8 Å². The Hall–Kier alpha value is -3.29. The number of nitroso groups, excluding NO2 is 1. The molecule has 4 rings (SSSR count). The number of hydrogen-bond donors (Lipinski definition) is 2. The Morgan fingerprint density at radius 2 is 1.76 bits per heavy atom. The van der Waals surface area contributed by atoms with E-state index < -0.39 is 0 Å². The van der Waals surface area contributed by atoms with Gasteiger partial charge in [0.05, 0.1) is 34.9 Å².